The molecule has 0 saturated heterocycles. The van der Waals surface area contributed by atoms with Crippen molar-refractivity contribution in [3.05, 3.63) is 83.8 Å². The Kier molecular flexibility index (Phi) is 3.91. The lowest BCUT2D eigenvalue weighted by Gasteiger charge is -2.07. The first-order valence-electron chi connectivity index (χ1n) is 7.68. The molecule has 0 atom stereocenters. The van der Waals surface area contributed by atoms with Crippen LogP contribution in [0, 0.1) is 0 Å². The number of anilines is 1. The monoisotopic (exact) mass is 348 g/mol. The van der Waals surface area contributed by atoms with Gasteiger partial charge in [-0.15, -0.1) is 0 Å². The van der Waals surface area contributed by atoms with E-state index in [9.17, 15) is 4.79 Å². The Labute approximate surface area is 148 Å². The summed E-state index contributed by atoms with van der Waals surface area (Å²) in [7, 11) is 0. The first-order valence-corrected chi connectivity index (χ1v) is 8.05. The number of rotatable bonds is 3. The van der Waals surface area contributed by atoms with Crippen LogP contribution in [0.5, 0.6) is 0 Å². The molecule has 0 fully saturated rings. The predicted octanol–water partition coefficient (Wildman–Crippen LogP) is 4.30. The summed E-state index contributed by atoms with van der Waals surface area (Å²) in [5.74, 6) is 0.210. The third kappa shape index (κ3) is 2.97. The van der Waals surface area contributed by atoms with E-state index in [2.05, 4.69) is 15.3 Å². The zero-order valence-electron chi connectivity index (χ0n) is 13.1. The second-order valence-electron chi connectivity index (χ2n) is 5.43. The highest BCUT2D eigenvalue weighted by molar-refractivity contribution is 6.30. The van der Waals surface area contributed by atoms with Crippen LogP contribution in [0.4, 0.5) is 5.69 Å². The molecule has 1 N–H and O–H groups in total. The molecular weight excluding hydrogens is 336 g/mol. The molecule has 2 heterocycles. The van der Waals surface area contributed by atoms with Crippen LogP contribution in [0.25, 0.3) is 17.0 Å². The summed E-state index contributed by atoms with van der Waals surface area (Å²) in [5.41, 5.74) is 2.50. The first kappa shape index (κ1) is 15.4. The van der Waals surface area contributed by atoms with Crippen LogP contribution in [-0.4, -0.2) is 20.3 Å². The molecule has 0 aliphatic rings. The van der Waals surface area contributed by atoms with Gasteiger partial charge in [-0.2, -0.15) is 0 Å². The Bertz CT molecular complexity index is 1040. The molecular formula is C19H13ClN4O. The van der Waals surface area contributed by atoms with Crippen LogP contribution in [0.15, 0.2) is 73.1 Å². The van der Waals surface area contributed by atoms with E-state index in [4.69, 9.17) is 11.6 Å². The van der Waals surface area contributed by atoms with Gasteiger partial charge in [-0.3, -0.25) is 9.20 Å². The molecule has 0 spiro atoms. The molecule has 4 aromatic rings. The highest BCUT2D eigenvalue weighted by atomic mass is 35.5. The second-order valence-corrected chi connectivity index (χ2v) is 5.86. The standard InChI is InChI=1S/C19H13ClN4O/c20-14-9-7-13(8-10-14)16-17(24-12-4-11-21-19(24)23-16)18(25)22-15-5-2-1-3-6-15/h1-12H,(H,22,25). The van der Waals surface area contributed by atoms with E-state index in [-0.39, 0.29) is 5.91 Å². The number of hydrogen-bond acceptors (Lipinski definition) is 3. The average molecular weight is 349 g/mol. The quantitative estimate of drug-likeness (QED) is 0.600. The molecule has 0 bridgehead atoms. The number of carbonyl (C=O) groups is 1. The predicted molar refractivity (Wildman–Crippen MR) is 97.8 cm³/mol. The van der Waals surface area contributed by atoms with Gasteiger partial charge < -0.3 is 5.32 Å². The molecule has 4 rings (SSSR count). The smallest absolute Gasteiger partial charge is 0.275 e. The number of carbonyl (C=O) groups excluding carboxylic acids is 1. The summed E-state index contributed by atoms with van der Waals surface area (Å²) in [5, 5.41) is 3.53. The highest BCUT2D eigenvalue weighted by Gasteiger charge is 2.21. The molecule has 122 valence electrons. The first-order chi connectivity index (χ1) is 12.2. The van der Waals surface area contributed by atoms with E-state index in [0.29, 0.717) is 27.9 Å². The molecule has 25 heavy (non-hydrogen) atoms. The minimum Gasteiger partial charge on any atom is -0.321 e. The van der Waals surface area contributed by atoms with E-state index in [0.717, 1.165) is 5.56 Å². The maximum atomic E-state index is 12.9. The molecule has 1 amide bonds. The topological polar surface area (TPSA) is 59.3 Å². The minimum atomic E-state index is -0.253. The van der Waals surface area contributed by atoms with E-state index in [1.54, 1.807) is 35.0 Å². The SMILES string of the molecule is O=C(Nc1ccccc1)c1c(-c2ccc(Cl)cc2)nc2ncccn12. The Morgan fingerprint density at radius 2 is 1.76 bits per heavy atom. The van der Waals surface area contributed by atoms with Gasteiger partial charge in [0.2, 0.25) is 5.78 Å². The van der Waals surface area contributed by atoms with E-state index < -0.39 is 0 Å². The van der Waals surface area contributed by atoms with E-state index in [1.807, 2.05) is 42.5 Å². The molecule has 0 radical (unpaired) electrons. The number of imidazole rings is 1. The van der Waals surface area contributed by atoms with E-state index in [1.165, 1.54) is 0 Å². The molecule has 6 heteroatoms. The summed E-state index contributed by atoms with van der Waals surface area (Å²) in [6.45, 7) is 0. The van der Waals surface area contributed by atoms with Crippen LogP contribution in [0.1, 0.15) is 10.5 Å². The van der Waals surface area contributed by atoms with E-state index >= 15 is 0 Å². The molecule has 2 aromatic heterocycles. The largest absolute Gasteiger partial charge is 0.321 e. The van der Waals surface area contributed by atoms with Crippen molar-refractivity contribution >= 4 is 29.0 Å². The van der Waals surface area contributed by atoms with Crippen LogP contribution < -0.4 is 5.32 Å². The molecule has 5 nitrogen and oxygen atoms in total. The number of fused-ring (bicyclic) bond motifs is 1. The van der Waals surface area contributed by atoms with Crippen molar-refractivity contribution in [1.29, 1.82) is 0 Å². The van der Waals surface area contributed by atoms with Crippen molar-refractivity contribution < 1.29 is 4.79 Å². The van der Waals surface area contributed by atoms with Gasteiger partial charge in [0, 0.05) is 28.7 Å². The molecule has 0 unspecified atom stereocenters. The fraction of sp³-hybridized carbons (Fsp3) is 0. The van der Waals surface area contributed by atoms with Crippen molar-refractivity contribution in [3.63, 3.8) is 0 Å². The molecule has 2 aromatic carbocycles. The van der Waals surface area contributed by atoms with Crippen molar-refractivity contribution in [3.8, 4) is 11.3 Å². The number of halogens is 1. The fourth-order valence-electron chi connectivity index (χ4n) is 2.63. The lowest BCUT2D eigenvalue weighted by molar-refractivity contribution is 0.102. The summed E-state index contributed by atoms with van der Waals surface area (Å²) in [6.07, 6.45) is 3.42. The minimum absolute atomic E-state index is 0.253. The summed E-state index contributed by atoms with van der Waals surface area (Å²) < 4.78 is 1.68. The maximum absolute atomic E-state index is 12.9. The van der Waals surface area contributed by atoms with Gasteiger partial charge in [-0.1, -0.05) is 41.9 Å². The number of amides is 1. The average Bonchev–Trinajstić information content (AvgIpc) is 3.03. The number of benzene rings is 2. The second kappa shape index (κ2) is 6.37. The van der Waals surface area contributed by atoms with Gasteiger partial charge in [0.1, 0.15) is 11.4 Å². The van der Waals surface area contributed by atoms with Crippen LogP contribution >= 0.6 is 11.6 Å². The lowest BCUT2D eigenvalue weighted by Crippen LogP contribution is -2.15. The normalized spacial score (nSPS) is 10.8. The van der Waals surface area contributed by atoms with Gasteiger partial charge in [0.05, 0.1) is 0 Å². The highest BCUT2D eigenvalue weighted by Crippen LogP contribution is 2.26. The lowest BCUT2D eigenvalue weighted by atomic mass is 10.1. The number of nitrogens with zero attached hydrogens (tertiary/aromatic N) is 3. The molecule has 0 aliphatic heterocycles. The number of hydrogen-bond donors (Lipinski definition) is 1. The van der Waals surface area contributed by atoms with Gasteiger partial charge in [0.15, 0.2) is 0 Å². The Morgan fingerprint density at radius 1 is 1.00 bits per heavy atom. The zero-order chi connectivity index (χ0) is 17.2. The summed E-state index contributed by atoms with van der Waals surface area (Å²) in [4.78, 5) is 21.7. The summed E-state index contributed by atoms with van der Waals surface area (Å²) >= 11 is 5.97. The Hall–Kier alpha value is -3.18. The van der Waals surface area contributed by atoms with Gasteiger partial charge in [-0.25, -0.2) is 9.97 Å². The van der Waals surface area contributed by atoms with Crippen LogP contribution in [0.3, 0.4) is 0 Å². The zero-order valence-corrected chi connectivity index (χ0v) is 13.8. The third-order valence-corrected chi connectivity index (χ3v) is 4.02. The van der Waals surface area contributed by atoms with Crippen molar-refractivity contribution in [2.24, 2.45) is 0 Å². The molecule has 0 saturated carbocycles. The van der Waals surface area contributed by atoms with Crippen LogP contribution in [-0.2, 0) is 0 Å². The maximum Gasteiger partial charge on any atom is 0.275 e. The van der Waals surface area contributed by atoms with Crippen molar-refractivity contribution in [2.75, 3.05) is 5.32 Å². The van der Waals surface area contributed by atoms with Crippen molar-refractivity contribution in [2.45, 2.75) is 0 Å². The van der Waals surface area contributed by atoms with Gasteiger partial charge in [0.25, 0.3) is 5.91 Å². The molecule has 0 aliphatic carbocycles. The van der Waals surface area contributed by atoms with Gasteiger partial charge in [-0.05, 0) is 30.3 Å². The Morgan fingerprint density at radius 3 is 2.52 bits per heavy atom. The number of nitrogens with one attached hydrogen (secondary N) is 1. The fourth-order valence-corrected chi connectivity index (χ4v) is 2.75. The Balaban J connectivity index is 1.84. The number of para-hydroxylation sites is 1. The summed E-state index contributed by atoms with van der Waals surface area (Å²) in [6, 6.07) is 18.3. The number of aromatic nitrogens is 3. The van der Waals surface area contributed by atoms with Crippen LogP contribution in [0.2, 0.25) is 5.02 Å². The van der Waals surface area contributed by atoms with Crippen molar-refractivity contribution in [1.82, 2.24) is 14.4 Å². The third-order valence-electron chi connectivity index (χ3n) is 3.77. The van der Waals surface area contributed by atoms with Gasteiger partial charge >= 0.3 is 0 Å².